The van der Waals surface area contributed by atoms with Crippen LogP contribution < -0.4 is 11.1 Å². The number of nitrogens with one attached hydrogen (secondary N) is 1. The molecule has 0 saturated carbocycles. The van der Waals surface area contributed by atoms with Crippen LogP contribution in [0, 0.1) is 5.92 Å². The van der Waals surface area contributed by atoms with Crippen molar-refractivity contribution >= 4 is 11.4 Å². The molecule has 1 rings (SSSR count). The van der Waals surface area contributed by atoms with Crippen LogP contribution in [0.5, 0.6) is 0 Å². The van der Waals surface area contributed by atoms with Gasteiger partial charge < -0.3 is 11.1 Å². The number of hydrogen-bond acceptors (Lipinski definition) is 2. The maximum atomic E-state index is 12.7. The van der Waals surface area contributed by atoms with Gasteiger partial charge >= 0.3 is 6.18 Å². The molecule has 1 aromatic rings. The third-order valence-corrected chi connectivity index (χ3v) is 2.60. The molecule has 102 valence electrons. The van der Waals surface area contributed by atoms with Gasteiger partial charge in [-0.3, -0.25) is 0 Å². The largest absolute Gasteiger partial charge is 0.418 e. The SMILES string of the molecule is CC(C)CC(C)Nc1ccc(N)c(C(F)(F)F)c1. The van der Waals surface area contributed by atoms with E-state index in [1.165, 1.54) is 6.07 Å². The van der Waals surface area contributed by atoms with Crippen LogP contribution >= 0.6 is 0 Å². The van der Waals surface area contributed by atoms with Crippen LogP contribution in [0.25, 0.3) is 0 Å². The molecule has 0 radical (unpaired) electrons. The molecule has 1 unspecified atom stereocenters. The molecule has 5 heteroatoms. The summed E-state index contributed by atoms with van der Waals surface area (Å²) in [5, 5.41) is 3.06. The molecule has 0 bridgehead atoms. The molecule has 0 spiro atoms. The zero-order valence-corrected chi connectivity index (χ0v) is 10.8. The second kappa shape index (κ2) is 5.50. The molecule has 0 aromatic heterocycles. The Hall–Kier alpha value is -1.39. The molecule has 3 N–H and O–H groups in total. The molecule has 0 aliphatic carbocycles. The molecule has 0 saturated heterocycles. The zero-order chi connectivity index (χ0) is 13.9. The highest BCUT2D eigenvalue weighted by atomic mass is 19.4. The molecule has 0 aliphatic rings. The van der Waals surface area contributed by atoms with Gasteiger partial charge in [-0.2, -0.15) is 13.2 Å². The fourth-order valence-corrected chi connectivity index (χ4v) is 1.94. The minimum absolute atomic E-state index is 0.120. The predicted octanol–water partition coefficient (Wildman–Crippen LogP) is 4.13. The molecule has 1 atom stereocenters. The number of benzene rings is 1. The highest BCUT2D eigenvalue weighted by Crippen LogP contribution is 2.35. The highest BCUT2D eigenvalue weighted by Gasteiger charge is 2.33. The lowest BCUT2D eigenvalue weighted by atomic mass is 10.0. The van der Waals surface area contributed by atoms with Crippen molar-refractivity contribution in [2.45, 2.75) is 39.4 Å². The van der Waals surface area contributed by atoms with Crippen molar-refractivity contribution in [2.75, 3.05) is 11.1 Å². The Kier molecular flexibility index (Phi) is 4.48. The van der Waals surface area contributed by atoms with E-state index in [1.807, 2.05) is 6.92 Å². The minimum Gasteiger partial charge on any atom is -0.398 e. The van der Waals surface area contributed by atoms with Crippen molar-refractivity contribution < 1.29 is 13.2 Å². The lowest BCUT2D eigenvalue weighted by molar-refractivity contribution is -0.136. The maximum absolute atomic E-state index is 12.7. The summed E-state index contributed by atoms with van der Waals surface area (Å²) >= 11 is 0. The molecule has 0 heterocycles. The van der Waals surface area contributed by atoms with Crippen LogP contribution in [0.1, 0.15) is 32.8 Å². The molecule has 18 heavy (non-hydrogen) atoms. The Bertz CT molecular complexity index is 400. The molecular formula is C13H19F3N2. The molecular weight excluding hydrogens is 241 g/mol. The Morgan fingerprint density at radius 3 is 2.33 bits per heavy atom. The summed E-state index contributed by atoms with van der Waals surface area (Å²) < 4.78 is 38.0. The maximum Gasteiger partial charge on any atom is 0.418 e. The fraction of sp³-hybridized carbons (Fsp3) is 0.538. The van der Waals surface area contributed by atoms with Crippen LogP contribution in [0.3, 0.4) is 0 Å². The smallest absolute Gasteiger partial charge is 0.398 e. The Labute approximate surface area is 105 Å². The molecule has 1 aromatic carbocycles. The first kappa shape index (κ1) is 14.7. The van der Waals surface area contributed by atoms with E-state index in [4.69, 9.17) is 5.73 Å². The van der Waals surface area contributed by atoms with Gasteiger partial charge in [0.05, 0.1) is 5.56 Å². The lowest BCUT2D eigenvalue weighted by Gasteiger charge is -2.19. The van der Waals surface area contributed by atoms with Gasteiger partial charge in [0, 0.05) is 17.4 Å². The lowest BCUT2D eigenvalue weighted by Crippen LogP contribution is -2.18. The number of anilines is 2. The van der Waals surface area contributed by atoms with Gasteiger partial charge in [-0.15, -0.1) is 0 Å². The Morgan fingerprint density at radius 1 is 1.22 bits per heavy atom. The molecule has 0 aliphatic heterocycles. The first-order chi connectivity index (χ1) is 8.20. The predicted molar refractivity (Wildman–Crippen MR) is 68.4 cm³/mol. The highest BCUT2D eigenvalue weighted by molar-refractivity contribution is 5.58. The van der Waals surface area contributed by atoms with E-state index in [-0.39, 0.29) is 11.7 Å². The van der Waals surface area contributed by atoms with Crippen molar-refractivity contribution in [3.8, 4) is 0 Å². The van der Waals surface area contributed by atoms with Crippen molar-refractivity contribution in [3.05, 3.63) is 23.8 Å². The summed E-state index contributed by atoms with van der Waals surface area (Å²) in [7, 11) is 0. The van der Waals surface area contributed by atoms with Gasteiger partial charge in [0.25, 0.3) is 0 Å². The standard InChI is InChI=1S/C13H19F3N2/c1-8(2)6-9(3)18-10-4-5-12(17)11(7-10)13(14,15)16/h4-5,7-9,18H,6,17H2,1-3H3. The average molecular weight is 260 g/mol. The second-order valence-electron chi connectivity index (χ2n) is 4.97. The summed E-state index contributed by atoms with van der Waals surface area (Å²) in [5.41, 5.74) is 4.75. The van der Waals surface area contributed by atoms with E-state index < -0.39 is 11.7 Å². The van der Waals surface area contributed by atoms with Gasteiger partial charge in [-0.05, 0) is 37.5 Å². The van der Waals surface area contributed by atoms with E-state index in [0.717, 1.165) is 12.5 Å². The number of halogens is 3. The number of nitrogens with two attached hydrogens (primary N) is 1. The summed E-state index contributed by atoms with van der Waals surface area (Å²) in [6.07, 6.45) is -3.52. The summed E-state index contributed by atoms with van der Waals surface area (Å²) in [4.78, 5) is 0. The normalized spacial score (nSPS) is 13.7. The Morgan fingerprint density at radius 2 is 1.83 bits per heavy atom. The van der Waals surface area contributed by atoms with Gasteiger partial charge in [0.2, 0.25) is 0 Å². The number of nitrogen functional groups attached to an aromatic ring is 1. The van der Waals surface area contributed by atoms with Gasteiger partial charge in [0.15, 0.2) is 0 Å². The topological polar surface area (TPSA) is 38.0 Å². The fourth-order valence-electron chi connectivity index (χ4n) is 1.94. The quantitative estimate of drug-likeness (QED) is 0.799. The number of alkyl halides is 3. The summed E-state index contributed by atoms with van der Waals surface area (Å²) in [6.45, 7) is 6.09. The van der Waals surface area contributed by atoms with Crippen LogP contribution in [-0.4, -0.2) is 6.04 Å². The zero-order valence-electron chi connectivity index (χ0n) is 10.8. The van der Waals surface area contributed by atoms with Crippen molar-refractivity contribution in [3.63, 3.8) is 0 Å². The third-order valence-electron chi connectivity index (χ3n) is 2.60. The van der Waals surface area contributed by atoms with E-state index in [9.17, 15) is 13.2 Å². The van der Waals surface area contributed by atoms with Crippen molar-refractivity contribution in [2.24, 2.45) is 5.92 Å². The van der Waals surface area contributed by atoms with Crippen molar-refractivity contribution in [1.82, 2.24) is 0 Å². The van der Waals surface area contributed by atoms with E-state index in [0.29, 0.717) is 11.6 Å². The van der Waals surface area contributed by atoms with Crippen LogP contribution in [0.15, 0.2) is 18.2 Å². The van der Waals surface area contributed by atoms with E-state index in [2.05, 4.69) is 19.2 Å². The van der Waals surface area contributed by atoms with Crippen molar-refractivity contribution in [1.29, 1.82) is 0 Å². The van der Waals surface area contributed by atoms with Gasteiger partial charge in [0.1, 0.15) is 0 Å². The average Bonchev–Trinajstić information content (AvgIpc) is 2.17. The first-order valence-corrected chi connectivity index (χ1v) is 5.93. The van der Waals surface area contributed by atoms with Crippen LogP contribution in [-0.2, 0) is 6.18 Å². The second-order valence-corrected chi connectivity index (χ2v) is 4.97. The van der Waals surface area contributed by atoms with Gasteiger partial charge in [-0.1, -0.05) is 13.8 Å². The third kappa shape index (κ3) is 4.13. The van der Waals surface area contributed by atoms with Crippen LogP contribution in [0.2, 0.25) is 0 Å². The first-order valence-electron chi connectivity index (χ1n) is 5.93. The summed E-state index contributed by atoms with van der Waals surface area (Å²) in [6, 6.07) is 4.04. The monoisotopic (exact) mass is 260 g/mol. The Balaban J connectivity index is 2.86. The molecule has 2 nitrogen and oxygen atoms in total. The van der Waals surface area contributed by atoms with Gasteiger partial charge in [-0.25, -0.2) is 0 Å². The van der Waals surface area contributed by atoms with E-state index in [1.54, 1.807) is 6.07 Å². The number of rotatable bonds is 4. The summed E-state index contributed by atoms with van der Waals surface area (Å²) in [5.74, 6) is 0.489. The molecule has 0 amide bonds. The molecule has 0 fully saturated rings. The van der Waals surface area contributed by atoms with Crippen LogP contribution in [0.4, 0.5) is 24.5 Å². The minimum atomic E-state index is -4.41. The number of hydrogen-bond donors (Lipinski definition) is 2. The van der Waals surface area contributed by atoms with E-state index >= 15 is 0 Å².